The van der Waals surface area contributed by atoms with Crippen molar-refractivity contribution < 1.29 is 0 Å². The first-order valence-electron chi connectivity index (χ1n) is 6.42. The first kappa shape index (κ1) is 13.1. The van der Waals surface area contributed by atoms with Gasteiger partial charge < -0.3 is 10.6 Å². The van der Waals surface area contributed by atoms with E-state index in [0.29, 0.717) is 0 Å². The van der Waals surface area contributed by atoms with Gasteiger partial charge in [0.2, 0.25) is 0 Å². The minimum atomic E-state index is 0.153. The smallest absolute Gasteiger partial charge is 0.0307 e. The Morgan fingerprint density at radius 3 is 3.00 bits per heavy atom. The Labute approximate surface area is 112 Å². The molecule has 1 saturated heterocycles. The normalized spacial score (nSPS) is 22.9. The molecule has 2 atom stereocenters. The van der Waals surface area contributed by atoms with Crippen LogP contribution in [0.15, 0.2) is 28.7 Å². The van der Waals surface area contributed by atoms with Crippen molar-refractivity contribution >= 4 is 15.9 Å². The zero-order chi connectivity index (χ0) is 12.3. The molecule has 1 heterocycles. The molecule has 0 spiro atoms. The molecule has 1 aliphatic heterocycles. The lowest BCUT2D eigenvalue weighted by molar-refractivity contribution is 0.258. The number of hydrogen-bond acceptors (Lipinski definition) is 2. The van der Waals surface area contributed by atoms with Crippen LogP contribution in [0.25, 0.3) is 0 Å². The van der Waals surface area contributed by atoms with Crippen LogP contribution in [-0.2, 0) is 0 Å². The molecule has 2 unspecified atom stereocenters. The molecule has 1 aromatic carbocycles. The molecular formula is C14H21BrN2. The van der Waals surface area contributed by atoms with Crippen molar-refractivity contribution in [2.24, 2.45) is 5.73 Å². The molecule has 94 valence electrons. The standard InChI is InChI=1S/C14H21BrN2/c1-11-4-3-8-17(11)9-7-14(16)12-5-2-6-13(15)10-12/h2,5-6,10-11,14H,3-4,7-9,16H2,1H3. The Bertz CT molecular complexity index is 367. The highest BCUT2D eigenvalue weighted by Crippen LogP contribution is 2.22. The second kappa shape index (κ2) is 5.98. The van der Waals surface area contributed by atoms with Gasteiger partial charge in [-0.3, -0.25) is 0 Å². The average molecular weight is 297 g/mol. The molecule has 0 bridgehead atoms. The molecule has 0 amide bonds. The predicted octanol–water partition coefficient (Wildman–Crippen LogP) is 3.32. The van der Waals surface area contributed by atoms with E-state index in [-0.39, 0.29) is 6.04 Å². The highest BCUT2D eigenvalue weighted by atomic mass is 79.9. The summed E-state index contributed by atoms with van der Waals surface area (Å²) in [5.41, 5.74) is 7.47. The maximum atomic E-state index is 6.24. The highest BCUT2D eigenvalue weighted by Gasteiger charge is 2.20. The van der Waals surface area contributed by atoms with Gasteiger partial charge in [0.15, 0.2) is 0 Å². The van der Waals surface area contributed by atoms with Crippen LogP contribution in [-0.4, -0.2) is 24.0 Å². The van der Waals surface area contributed by atoms with Gasteiger partial charge in [-0.1, -0.05) is 28.1 Å². The van der Waals surface area contributed by atoms with Gasteiger partial charge in [0, 0.05) is 23.1 Å². The summed E-state index contributed by atoms with van der Waals surface area (Å²) in [5.74, 6) is 0. The summed E-state index contributed by atoms with van der Waals surface area (Å²) in [4.78, 5) is 2.55. The fourth-order valence-electron chi connectivity index (χ4n) is 2.53. The van der Waals surface area contributed by atoms with E-state index in [1.54, 1.807) is 0 Å². The number of rotatable bonds is 4. The third-order valence-electron chi connectivity index (χ3n) is 3.69. The SMILES string of the molecule is CC1CCCN1CCC(N)c1cccc(Br)c1. The molecule has 0 saturated carbocycles. The van der Waals surface area contributed by atoms with E-state index in [0.717, 1.165) is 23.5 Å². The monoisotopic (exact) mass is 296 g/mol. The fraction of sp³-hybridized carbons (Fsp3) is 0.571. The summed E-state index contributed by atoms with van der Waals surface area (Å²) in [5, 5.41) is 0. The molecule has 2 nitrogen and oxygen atoms in total. The van der Waals surface area contributed by atoms with Crippen LogP contribution in [0.2, 0.25) is 0 Å². The lowest BCUT2D eigenvalue weighted by atomic mass is 10.0. The van der Waals surface area contributed by atoms with E-state index in [4.69, 9.17) is 5.73 Å². The topological polar surface area (TPSA) is 29.3 Å². The summed E-state index contributed by atoms with van der Waals surface area (Å²) in [7, 11) is 0. The van der Waals surface area contributed by atoms with Gasteiger partial charge in [0.05, 0.1) is 0 Å². The van der Waals surface area contributed by atoms with Crippen LogP contribution in [0.3, 0.4) is 0 Å². The van der Waals surface area contributed by atoms with Gasteiger partial charge in [-0.25, -0.2) is 0 Å². The number of hydrogen-bond donors (Lipinski definition) is 1. The van der Waals surface area contributed by atoms with Gasteiger partial charge in [0.1, 0.15) is 0 Å². The molecule has 1 fully saturated rings. The minimum absolute atomic E-state index is 0.153. The van der Waals surface area contributed by atoms with E-state index in [9.17, 15) is 0 Å². The van der Waals surface area contributed by atoms with Gasteiger partial charge >= 0.3 is 0 Å². The summed E-state index contributed by atoms with van der Waals surface area (Å²) < 4.78 is 1.11. The Kier molecular flexibility index (Phi) is 4.60. The van der Waals surface area contributed by atoms with Crippen LogP contribution < -0.4 is 5.73 Å². The summed E-state index contributed by atoms with van der Waals surface area (Å²) in [6.07, 6.45) is 3.72. The first-order valence-corrected chi connectivity index (χ1v) is 7.21. The number of nitrogens with two attached hydrogens (primary N) is 1. The number of benzene rings is 1. The van der Waals surface area contributed by atoms with E-state index >= 15 is 0 Å². The lowest BCUT2D eigenvalue weighted by Crippen LogP contribution is -2.30. The van der Waals surface area contributed by atoms with Crippen molar-refractivity contribution in [2.45, 2.75) is 38.3 Å². The molecular weight excluding hydrogens is 276 g/mol. The summed E-state index contributed by atoms with van der Waals surface area (Å²) in [6.45, 7) is 4.68. The van der Waals surface area contributed by atoms with Crippen LogP contribution in [0.4, 0.5) is 0 Å². The van der Waals surface area contributed by atoms with E-state index in [2.05, 4.69) is 46.0 Å². The molecule has 2 N–H and O–H groups in total. The average Bonchev–Trinajstić information content (AvgIpc) is 2.72. The van der Waals surface area contributed by atoms with Crippen molar-refractivity contribution in [3.05, 3.63) is 34.3 Å². The van der Waals surface area contributed by atoms with Gasteiger partial charge in [0.25, 0.3) is 0 Å². The van der Waals surface area contributed by atoms with Crippen molar-refractivity contribution in [1.29, 1.82) is 0 Å². The predicted molar refractivity (Wildman–Crippen MR) is 76.0 cm³/mol. The zero-order valence-corrected chi connectivity index (χ0v) is 12.0. The summed E-state index contributed by atoms with van der Waals surface area (Å²) in [6, 6.07) is 9.22. The quantitative estimate of drug-likeness (QED) is 0.923. The second-order valence-electron chi connectivity index (χ2n) is 4.98. The lowest BCUT2D eigenvalue weighted by Gasteiger charge is -2.23. The number of nitrogens with zero attached hydrogens (tertiary/aromatic N) is 1. The largest absolute Gasteiger partial charge is 0.324 e. The Morgan fingerprint density at radius 1 is 1.53 bits per heavy atom. The first-order chi connectivity index (χ1) is 8.16. The molecule has 0 aromatic heterocycles. The van der Waals surface area contributed by atoms with Gasteiger partial charge in [-0.05, 0) is 50.4 Å². The minimum Gasteiger partial charge on any atom is -0.324 e. The van der Waals surface area contributed by atoms with Crippen molar-refractivity contribution in [3.63, 3.8) is 0 Å². The van der Waals surface area contributed by atoms with Crippen molar-refractivity contribution in [3.8, 4) is 0 Å². The van der Waals surface area contributed by atoms with Crippen LogP contribution in [0.5, 0.6) is 0 Å². The van der Waals surface area contributed by atoms with Crippen LogP contribution in [0.1, 0.15) is 37.8 Å². The van der Waals surface area contributed by atoms with E-state index in [1.807, 2.05) is 6.07 Å². The van der Waals surface area contributed by atoms with E-state index < -0.39 is 0 Å². The van der Waals surface area contributed by atoms with Crippen LogP contribution in [0, 0.1) is 0 Å². The zero-order valence-electron chi connectivity index (χ0n) is 10.4. The summed E-state index contributed by atoms with van der Waals surface area (Å²) >= 11 is 3.49. The van der Waals surface area contributed by atoms with Crippen molar-refractivity contribution in [1.82, 2.24) is 4.90 Å². The fourth-order valence-corrected chi connectivity index (χ4v) is 2.95. The molecule has 17 heavy (non-hydrogen) atoms. The molecule has 3 heteroatoms. The highest BCUT2D eigenvalue weighted by molar-refractivity contribution is 9.10. The number of halogens is 1. The van der Waals surface area contributed by atoms with Gasteiger partial charge in [-0.15, -0.1) is 0 Å². The number of likely N-dealkylation sites (tertiary alicyclic amines) is 1. The Morgan fingerprint density at radius 2 is 2.35 bits per heavy atom. The Balaban J connectivity index is 1.86. The molecule has 1 aromatic rings. The third-order valence-corrected chi connectivity index (χ3v) is 4.19. The molecule has 0 radical (unpaired) electrons. The molecule has 2 rings (SSSR count). The maximum Gasteiger partial charge on any atom is 0.0307 e. The molecule has 0 aliphatic carbocycles. The second-order valence-corrected chi connectivity index (χ2v) is 5.89. The van der Waals surface area contributed by atoms with Gasteiger partial charge in [-0.2, -0.15) is 0 Å². The van der Waals surface area contributed by atoms with E-state index in [1.165, 1.54) is 24.9 Å². The van der Waals surface area contributed by atoms with Crippen LogP contribution >= 0.6 is 15.9 Å². The Hall–Kier alpha value is -0.380. The van der Waals surface area contributed by atoms with Crippen molar-refractivity contribution in [2.75, 3.05) is 13.1 Å². The molecule has 1 aliphatic rings. The maximum absolute atomic E-state index is 6.24. The third kappa shape index (κ3) is 3.54.